The Morgan fingerprint density at radius 1 is 1.31 bits per heavy atom. The van der Waals surface area contributed by atoms with Gasteiger partial charge in [-0.2, -0.15) is 10.4 Å². The molecule has 5 rings (SSSR count). The Morgan fingerprint density at radius 2 is 2.09 bits per heavy atom. The summed E-state index contributed by atoms with van der Waals surface area (Å²) < 4.78 is 3.13. The van der Waals surface area contributed by atoms with Crippen molar-refractivity contribution in [2.24, 2.45) is 0 Å². The Hall–Kier alpha value is -4.50. The third-order valence-electron chi connectivity index (χ3n) is 5.68. The number of non-ortho nitro benzene ring substituents is 1. The summed E-state index contributed by atoms with van der Waals surface area (Å²) in [6.45, 7) is 1.98. The van der Waals surface area contributed by atoms with E-state index in [-0.39, 0.29) is 28.9 Å². The van der Waals surface area contributed by atoms with Crippen LogP contribution in [0, 0.1) is 28.4 Å². The highest BCUT2D eigenvalue weighted by atomic mass is 32.2. The molecule has 0 aliphatic carbocycles. The minimum Gasteiger partial charge on any atom is -0.325 e. The number of aryl methyl sites for hydroxylation is 1. The maximum atomic E-state index is 13.3. The molecule has 0 spiro atoms. The number of nitrogens with zero attached hydrogens (tertiary/aromatic N) is 6. The molecule has 0 saturated heterocycles. The zero-order valence-electron chi connectivity index (χ0n) is 18.3. The fourth-order valence-electron chi connectivity index (χ4n) is 3.92. The second-order valence-electron chi connectivity index (χ2n) is 8.01. The van der Waals surface area contributed by atoms with Gasteiger partial charge < -0.3 is 5.32 Å². The van der Waals surface area contributed by atoms with Crippen molar-refractivity contribution in [1.29, 1.82) is 5.26 Å². The van der Waals surface area contributed by atoms with Crippen LogP contribution in [-0.4, -0.2) is 35.9 Å². The number of amides is 1. The van der Waals surface area contributed by atoms with Crippen molar-refractivity contribution in [2.45, 2.75) is 24.5 Å². The fraction of sp³-hybridized carbons (Fsp3) is 0.174. The van der Waals surface area contributed by atoms with Gasteiger partial charge in [-0.25, -0.2) is 9.67 Å². The van der Waals surface area contributed by atoms with Crippen molar-refractivity contribution in [1.82, 2.24) is 19.3 Å². The number of rotatable bonds is 5. The standard InChI is InChI=1S/C23H17N7O4S/c1-13-2-4-15(5-3-13)29-21-18(11-25-29)22(32)28-17(12-35-23(28)27-21)9-20(31)26-19-7-6-16(30(33)34)8-14(19)10-24/h2-8,11,17H,9,12H2,1H3,(H,26,31). The Balaban J connectivity index is 1.41. The summed E-state index contributed by atoms with van der Waals surface area (Å²) in [4.78, 5) is 41.0. The summed E-state index contributed by atoms with van der Waals surface area (Å²) in [6, 6.07) is 12.8. The number of nitro groups is 1. The van der Waals surface area contributed by atoms with Gasteiger partial charge >= 0.3 is 0 Å². The molecule has 3 heterocycles. The maximum Gasteiger partial charge on any atom is 0.270 e. The number of carbonyl (C=O) groups is 1. The lowest BCUT2D eigenvalue weighted by molar-refractivity contribution is -0.384. The molecule has 0 saturated carbocycles. The summed E-state index contributed by atoms with van der Waals surface area (Å²) in [5.74, 6) is 0.0575. The van der Waals surface area contributed by atoms with E-state index in [1.165, 1.54) is 34.7 Å². The second kappa shape index (κ2) is 8.69. The number of anilines is 1. The number of carbonyl (C=O) groups excluding carboxylic acids is 1. The van der Waals surface area contributed by atoms with Crippen LogP contribution in [0.3, 0.4) is 0 Å². The van der Waals surface area contributed by atoms with Crippen LogP contribution in [0.25, 0.3) is 16.7 Å². The number of aromatic nitrogens is 4. The lowest BCUT2D eigenvalue weighted by Crippen LogP contribution is -2.28. The predicted octanol–water partition coefficient (Wildman–Crippen LogP) is 3.35. The van der Waals surface area contributed by atoms with Crippen LogP contribution in [0.15, 0.2) is 58.6 Å². The molecule has 0 fully saturated rings. The monoisotopic (exact) mass is 487 g/mol. The molecule has 1 amide bonds. The third-order valence-corrected chi connectivity index (χ3v) is 6.78. The van der Waals surface area contributed by atoms with E-state index in [4.69, 9.17) is 0 Å². The van der Waals surface area contributed by atoms with Gasteiger partial charge in [-0.3, -0.25) is 24.3 Å². The van der Waals surface area contributed by atoms with E-state index < -0.39 is 16.9 Å². The van der Waals surface area contributed by atoms with Gasteiger partial charge in [-0.1, -0.05) is 29.5 Å². The number of hydrogen-bond acceptors (Lipinski definition) is 8. The highest BCUT2D eigenvalue weighted by Gasteiger charge is 2.30. The first-order valence-corrected chi connectivity index (χ1v) is 11.5. The van der Waals surface area contributed by atoms with E-state index in [1.807, 2.05) is 37.3 Å². The van der Waals surface area contributed by atoms with Gasteiger partial charge in [-0.05, 0) is 25.1 Å². The molecule has 1 N–H and O–H groups in total. The van der Waals surface area contributed by atoms with E-state index in [9.17, 15) is 25.0 Å². The molecule has 1 unspecified atom stereocenters. The molecule has 2 aromatic carbocycles. The lowest BCUT2D eigenvalue weighted by Gasteiger charge is -2.14. The number of nitro benzene ring substituents is 1. The average molecular weight is 488 g/mol. The van der Waals surface area contributed by atoms with Gasteiger partial charge in [0.2, 0.25) is 5.91 Å². The molecule has 2 aromatic heterocycles. The summed E-state index contributed by atoms with van der Waals surface area (Å²) in [7, 11) is 0. The smallest absolute Gasteiger partial charge is 0.270 e. The van der Waals surface area contributed by atoms with Crippen LogP contribution in [-0.2, 0) is 4.79 Å². The van der Waals surface area contributed by atoms with Crippen LogP contribution in [0.2, 0.25) is 0 Å². The topological polar surface area (TPSA) is 149 Å². The van der Waals surface area contributed by atoms with Gasteiger partial charge in [0.05, 0.1) is 34.1 Å². The molecule has 0 bridgehead atoms. The van der Waals surface area contributed by atoms with Crippen LogP contribution in [0.1, 0.15) is 23.6 Å². The van der Waals surface area contributed by atoms with Crippen LogP contribution in [0.5, 0.6) is 0 Å². The van der Waals surface area contributed by atoms with Crippen molar-refractivity contribution < 1.29 is 9.72 Å². The zero-order chi connectivity index (χ0) is 24.7. The Bertz CT molecular complexity index is 1600. The normalized spacial score (nSPS) is 14.5. The molecule has 1 aliphatic heterocycles. The molecule has 174 valence electrons. The fourth-order valence-corrected chi connectivity index (χ4v) is 5.05. The summed E-state index contributed by atoms with van der Waals surface area (Å²) in [6.07, 6.45) is 1.45. The quantitative estimate of drug-likeness (QED) is 0.256. The largest absolute Gasteiger partial charge is 0.325 e. The van der Waals surface area contributed by atoms with Crippen molar-refractivity contribution in [3.63, 3.8) is 0 Å². The van der Waals surface area contributed by atoms with Crippen molar-refractivity contribution >= 4 is 40.1 Å². The number of hydrogen-bond donors (Lipinski definition) is 1. The van der Waals surface area contributed by atoms with E-state index >= 15 is 0 Å². The van der Waals surface area contributed by atoms with Crippen LogP contribution < -0.4 is 10.9 Å². The van der Waals surface area contributed by atoms with E-state index in [0.29, 0.717) is 21.9 Å². The van der Waals surface area contributed by atoms with Gasteiger partial charge in [0, 0.05) is 24.3 Å². The van der Waals surface area contributed by atoms with Gasteiger partial charge in [0.25, 0.3) is 11.2 Å². The first-order chi connectivity index (χ1) is 16.9. The first-order valence-electron chi connectivity index (χ1n) is 10.5. The summed E-state index contributed by atoms with van der Waals surface area (Å²) in [5.41, 5.74) is 1.98. The van der Waals surface area contributed by atoms with Crippen molar-refractivity contribution in [3.05, 3.63) is 80.3 Å². The first kappa shape index (κ1) is 22.3. The average Bonchev–Trinajstić information content (AvgIpc) is 3.44. The Labute approximate surface area is 202 Å². The molecule has 1 atom stereocenters. The predicted molar refractivity (Wildman–Crippen MR) is 129 cm³/mol. The third kappa shape index (κ3) is 4.02. The molecular weight excluding hydrogens is 470 g/mol. The van der Waals surface area contributed by atoms with Crippen LogP contribution in [0.4, 0.5) is 11.4 Å². The molecule has 35 heavy (non-hydrogen) atoms. The molecule has 0 radical (unpaired) electrons. The molecule has 12 heteroatoms. The highest BCUT2D eigenvalue weighted by Crippen LogP contribution is 2.34. The minimum atomic E-state index is -0.611. The molecule has 11 nitrogen and oxygen atoms in total. The molecule has 4 aromatic rings. The Morgan fingerprint density at radius 3 is 2.80 bits per heavy atom. The van der Waals surface area contributed by atoms with Gasteiger partial charge in [0.1, 0.15) is 11.5 Å². The number of thioether (sulfide) groups is 1. The van der Waals surface area contributed by atoms with Crippen LogP contribution >= 0.6 is 11.8 Å². The number of nitrogens with one attached hydrogen (secondary N) is 1. The van der Waals surface area contributed by atoms with E-state index in [1.54, 1.807) is 4.68 Å². The maximum absolute atomic E-state index is 13.3. The minimum absolute atomic E-state index is 0.0159. The SMILES string of the molecule is Cc1ccc(-n2ncc3c(=O)n4c(nc32)SCC4CC(=O)Nc2ccc([N+](=O)[O-])cc2C#N)cc1. The van der Waals surface area contributed by atoms with Gasteiger partial charge in [-0.15, -0.1) is 0 Å². The van der Waals surface area contributed by atoms with Crippen molar-refractivity contribution in [3.8, 4) is 11.8 Å². The summed E-state index contributed by atoms with van der Waals surface area (Å²) >= 11 is 1.38. The zero-order valence-corrected chi connectivity index (χ0v) is 19.2. The Kier molecular flexibility index (Phi) is 5.54. The second-order valence-corrected chi connectivity index (χ2v) is 9.00. The molecule has 1 aliphatic rings. The number of nitriles is 1. The van der Waals surface area contributed by atoms with E-state index in [2.05, 4.69) is 15.4 Å². The van der Waals surface area contributed by atoms with E-state index in [0.717, 1.165) is 17.3 Å². The highest BCUT2D eigenvalue weighted by molar-refractivity contribution is 7.99. The number of fused-ring (bicyclic) bond motifs is 2. The van der Waals surface area contributed by atoms with Crippen molar-refractivity contribution in [2.75, 3.05) is 11.1 Å². The lowest BCUT2D eigenvalue weighted by atomic mass is 10.1. The number of benzene rings is 2. The molecular formula is C23H17N7O4S. The summed E-state index contributed by atoms with van der Waals surface area (Å²) in [5, 5.41) is 28.1. The van der Waals surface area contributed by atoms with Gasteiger partial charge in [0.15, 0.2) is 10.8 Å².